The molecule has 15 heavy (non-hydrogen) atoms. The van der Waals surface area contributed by atoms with Crippen molar-refractivity contribution in [3.05, 3.63) is 29.8 Å². The van der Waals surface area contributed by atoms with Gasteiger partial charge in [-0.1, -0.05) is 12.1 Å². The summed E-state index contributed by atoms with van der Waals surface area (Å²) in [4.78, 5) is 10.9. The van der Waals surface area contributed by atoms with E-state index >= 15 is 0 Å². The Balaban J connectivity index is 2.34. The van der Waals surface area contributed by atoms with Crippen molar-refractivity contribution in [2.45, 2.75) is 24.3 Å². The van der Waals surface area contributed by atoms with E-state index in [0.717, 1.165) is 18.4 Å². The molecular formula is C11H13NO3. The van der Waals surface area contributed by atoms with Gasteiger partial charge < -0.3 is 15.9 Å². The Morgan fingerprint density at radius 1 is 1.47 bits per heavy atom. The molecule has 2 rings (SSSR count). The lowest BCUT2D eigenvalue weighted by Crippen LogP contribution is -2.41. The molecule has 0 amide bonds. The van der Waals surface area contributed by atoms with Gasteiger partial charge in [-0.25, -0.2) is 0 Å². The van der Waals surface area contributed by atoms with E-state index in [1.165, 1.54) is 0 Å². The second-order valence-corrected chi connectivity index (χ2v) is 4.02. The van der Waals surface area contributed by atoms with Gasteiger partial charge in [0.2, 0.25) is 0 Å². The molecule has 1 atom stereocenters. The van der Waals surface area contributed by atoms with Crippen LogP contribution in [0, 0.1) is 0 Å². The average molecular weight is 207 g/mol. The van der Waals surface area contributed by atoms with Gasteiger partial charge in [0.1, 0.15) is 11.8 Å². The molecule has 0 bridgehead atoms. The second kappa shape index (κ2) is 3.24. The van der Waals surface area contributed by atoms with Crippen LogP contribution in [0.4, 0.5) is 0 Å². The van der Waals surface area contributed by atoms with Gasteiger partial charge in [-0.05, 0) is 30.5 Å². The summed E-state index contributed by atoms with van der Waals surface area (Å²) >= 11 is 0. The van der Waals surface area contributed by atoms with E-state index in [0.29, 0.717) is 0 Å². The highest BCUT2D eigenvalue weighted by Crippen LogP contribution is 2.50. The van der Waals surface area contributed by atoms with E-state index in [4.69, 9.17) is 10.8 Å². The lowest BCUT2D eigenvalue weighted by atomic mass is 9.88. The number of aliphatic carboxylic acids is 1. The minimum Gasteiger partial charge on any atom is -0.508 e. The first kappa shape index (κ1) is 9.98. The molecule has 0 aliphatic heterocycles. The predicted molar refractivity (Wildman–Crippen MR) is 54.6 cm³/mol. The van der Waals surface area contributed by atoms with Crippen LogP contribution in [0.25, 0.3) is 0 Å². The molecule has 1 unspecified atom stereocenters. The minimum absolute atomic E-state index is 0.149. The predicted octanol–water partition coefficient (Wildman–Crippen LogP) is 0.836. The van der Waals surface area contributed by atoms with Gasteiger partial charge in [0.25, 0.3) is 0 Å². The van der Waals surface area contributed by atoms with Crippen molar-refractivity contribution in [3.8, 4) is 5.75 Å². The van der Waals surface area contributed by atoms with Gasteiger partial charge in [0, 0.05) is 5.41 Å². The van der Waals surface area contributed by atoms with E-state index in [1.54, 1.807) is 18.2 Å². The van der Waals surface area contributed by atoms with E-state index in [9.17, 15) is 9.90 Å². The van der Waals surface area contributed by atoms with Crippen LogP contribution >= 0.6 is 0 Å². The van der Waals surface area contributed by atoms with Gasteiger partial charge in [0.05, 0.1) is 0 Å². The molecule has 1 saturated carbocycles. The molecule has 4 N–H and O–H groups in total. The quantitative estimate of drug-likeness (QED) is 0.685. The molecule has 1 aromatic carbocycles. The van der Waals surface area contributed by atoms with Crippen molar-refractivity contribution < 1.29 is 15.0 Å². The van der Waals surface area contributed by atoms with Crippen molar-refractivity contribution >= 4 is 5.97 Å². The van der Waals surface area contributed by atoms with Crippen LogP contribution in [0.2, 0.25) is 0 Å². The fourth-order valence-electron chi connectivity index (χ4n) is 1.97. The normalized spacial score (nSPS) is 19.5. The molecule has 0 heterocycles. The third-order valence-electron chi connectivity index (χ3n) is 3.07. The summed E-state index contributed by atoms with van der Waals surface area (Å²) in [5.74, 6) is -0.841. The summed E-state index contributed by atoms with van der Waals surface area (Å²) < 4.78 is 0. The number of carboxylic acid groups (broad SMARTS) is 1. The van der Waals surface area contributed by atoms with E-state index in [1.807, 2.05) is 6.07 Å². The molecule has 4 heteroatoms. The fourth-order valence-corrected chi connectivity index (χ4v) is 1.97. The first-order valence-corrected chi connectivity index (χ1v) is 4.84. The Labute approximate surface area is 87.3 Å². The standard InChI is InChI=1S/C11H13NO3/c12-9(10(14)15)11(4-5-11)7-2-1-3-8(13)6-7/h1-3,6,9,13H,4-5,12H2,(H,14,15). The number of benzene rings is 1. The number of nitrogens with two attached hydrogens (primary N) is 1. The largest absolute Gasteiger partial charge is 0.508 e. The van der Waals surface area contributed by atoms with Crippen LogP contribution in [-0.2, 0) is 10.2 Å². The van der Waals surface area contributed by atoms with Crippen molar-refractivity contribution in [2.24, 2.45) is 5.73 Å². The second-order valence-electron chi connectivity index (χ2n) is 4.02. The lowest BCUT2D eigenvalue weighted by Gasteiger charge is -2.20. The smallest absolute Gasteiger partial charge is 0.321 e. The Bertz CT molecular complexity index is 399. The zero-order chi connectivity index (χ0) is 11.1. The van der Waals surface area contributed by atoms with E-state index in [2.05, 4.69) is 0 Å². The van der Waals surface area contributed by atoms with Crippen molar-refractivity contribution in [2.75, 3.05) is 0 Å². The summed E-state index contributed by atoms with van der Waals surface area (Å²) in [6.45, 7) is 0. The highest BCUT2D eigenvalue weighted by molar-refractivity contribution is 5.77. The number of aromatic hydroxyl groups is 1. The number of phenolic OH excluding ortho intramolecular Hbond substituents is 1. The molecule has 80 valence electrons. The van der Waals surface area contributed by atoms with Gasteiger partial charge >= 0.3 is 5.97 Å². The monoisotopic (exact) mass is 207 g/mol. The number of hydrogen-bond donors (Lipinski definition) is 3. The summed E-state index contributed by atoms with van der Waals surface area (Å²) in [5, 5.41) is 18.2. The minimum atomic E-state index is -0.990. The maximum Gasteiger partial charge on any atom is 0.321 e. The Hall–Kier alpha value is -1.55. The topological polar surface area (TPSA) is 83.6 Å². The van der Waals surface area contributed by atoms with Crippen LogP contribution in [0.3, 0.4) is 0 Å². The molecule has 0 saturated heterocycles. The zero-order valence-electron chi connectivity index (χ0n) is 8.18. The molecule has 1 aliphatic rings. The van der Waals surface area contributed by atoms with Gasteiger partial charge in [-0.15, -0.1) is 0 Å². The highest BCUT2D eigenvalue weighted by Gasteiger charge is 2.52. The summed E-state index contributed by atoms with van der Waals surface area (Å²) in [6, 6.07) is 5.79. The van der Waals surface area contributed by atoms with Crippen LogP contribution in [0.15, 0.2) is 24.3 Å². The molecule has 0 aromatic heterocycles. The maximum absolute atomic E-state index is 10.9. The van der Waals surface area contributed by atoms with Crippen LogP contribution in [0.1, 0.15) is 18.4 Å². The number of carboxylic acids is 1. The third-order valence-corrected chi connectivity index (χ3v) is 3.07. The fraction of sp³-hybridized carbons (Fsp3) is 0.364. The summed E-state index contributed by atoms with van der Waals surface area (Å²) in [6.07, 6.45) is 1.54. The maximum atomic E-state index is 10.9. The summed E-state index contributed by atoms with van der Waals surface area (Å²) in [5.41, 5.74) is 6.01. The van der Waals surface area contributed by atoms with Crippen molar-refractivity contribution in [1.29, 1.82) is 0 Å². The molecule has 1 aromatic rings. The van der Waals surface area contributed by atoms with Crippen molar-refractivity contribution in [1.82, 2.24) is 0 Å². The Kier molecular flexibility index (Phi) is 2.16. The van der Waals surface area contributed by atoms with Gasteiger partial charge in [-0.2, -0.15) is 0 Å². The molecule has 4 nitrogen and oxygen atoms in total. The zero-order valence-corrected chi connectivity index (χ0v) is 8.18. The first-order valence-electron chi connectivity index (χ1n) is 4.84. The van der Waals surface area contributed by atoms with Crippen LogP contribution < -0.4 is 5.73 Å². The van der Waals surface area contributed by atoms with Crippen LogP contribution in [-0.4, -0.2) is 22.2 Å². The number of hydrogen-bond acceptors (Lipinski definition) is 3. The number of phenols is 1. The van der Waals surface area contributed by atoms with Gasteiger partial charge in [-0.3, -0.25) is 4.79 Å². The molecule has 0 spiro atoms. The molecule has 1 fully saturated rings. The SMILES string of the molecule is NC(C(=O)O)C1(c2cccc(O)c2)CC1. The van der Waals surface area contributed by atoms with E-state index < -0.39 is 17.4 Å². The number of rotatable bonds is 3. The molecule has 0 radical (unpaired) electrons. The average Bonchev–Trinajstić information content (AvgIpc) is 2.97. The highest BCUT2D eigenvalue weighted by atomic mass is 16.4. The van der Waals surface area contributed by atoms with Crippen molar-refractivity contribution in [3.63, 3.8) is 0 Å². The Morgan fingerprint density at radius 3 is 2.60 bits per heavy atom. The summed E-state index contributed by atoms with van der Waals surface area (Å²) in [7, 11) is 0. The van der Waals surface area contributed by atoms with Gasteiger partial charge in [0.15, 0.2) is 0 Å². The molecule has 1 aliphatic carbocycles. The number of carbonyl (C=O) groups is 1. The van der Waals surface area contributed by atoms with E-state index in [-0.39, 0.29) is 5.75 Å². The third kappa shape index (κ3) is 1.57. The Morgan fingerprint density at radius 2 is 2.13 bits per heavy atom. The lowest BCUT2D eigenvalue weighted by molar-refractivity contribution is -0.139. The first-order chi connectivity index (χ1) is 7.06. The molecular weight excluding hydrogens is 194 g/mol. The van der Waals surface area contributed by atoms with Crippen LogP contribution in [0.5, 0.6) is 5.75 Å².